The molecule has 21 heavy (non-hydrogen) atoms. The molecule has 2 aromatic heterocycles. The van der Waals surface area contributed by atoms with Gasteiger partial charge in [0.15, 0.2) is 0 Å². The summed E-state index contributed by atoms with van der Waals surface area (Å²) in [6.45, 7) is 0.226. The molecule has 0 spiro atoms. The van der Waals surface area contributed by atoms with E-state index in [0.717, 1.165) is 5.56 Å². The molecule has 0 aliphatic heterocycles. The van der Waals surface area contributed by atoms with Gasteiger partial charge < -0.3 is 4.42 Å². The molecule has 0 bridgehead atoms. The summed E-state index contributed by atoms with van der Waals surface area (Å²) >= 11 is 0. The molecular formula is C15H11FN2O3. The highest BCUT2D eigenvalue weighted by molar-refractivity contribution is 5.54. The second-order valence-electron chi connectivity index (χ2n) is 4.53. The lowest BCUT2D eigenvalue weighted by Crippen LogP contribution is -2.30. The molecule has 0 aliphatic carbocycles. The molecular weight excluding hydrogens is 275 g/mol. The molecule has 0 unspecified atom stereocenters. The van der Waals surface area contributed by atoms with Gasteiger partial charge in [0.2, 0.25) is 0 Å². The molecule has 0 atom stereocenters. The summed E-state index contributed by atoms with van der Waals surface area (Å²) in [5.74, 6) is 0.0351. The summed E-state index contributed by atoms with van der Waals surface area (Å²) in [6.07, 6.45) is 2.88. The Kier molecular flexibility index (Phi) is 3.27. The van der Waals surface area contributed by atoms with E-state index in [1.807, 2.05) is 0 Å². The highest BCUT2D eigenvalue weighted by Crippen LogP contribution is 2.14. The molecule has 106 valence electrons. The SMILES string of the molecule is O=c1[nH]c(=O)n(Cc2ccc(F)cc2)cc1-c1ccco1. The van der Waals surface area contributed by atoms with Crippen molar-refractivity contribution in [2.75, 3.05) is 0 Å². The van der Waals surface area contributed by atoms with E-state index in [9.17, 15) is 14.0 Å². The van der Waals surface area contributed by atoms with E-state index in [4.69, 9.17) is 4.42 Å². The lowest BCUT2D eigenvalue weighted by Gasteiger charge is -2.06. The predicted octanol–water partition coefficient (Wildman–Crippen LogP) is 1.98. The lowest BCUT2D eigenvalue weighted by molar-refractivity contribution is 0.579. The van der Waals surface area contributed by atoms with Crippen molar-refractivity contribution >= 4 is 0 Å². The van der Waals surface area contributed by atoms with Gasteiger partial charge in [-0.3, -0.25) is 14.3 Å². The molecule has 0 saturated carbocycles. The number of halogens is 1. The molecule has 3 rings (SSSR count). The summed E-state index contributed by atoms with van der Waals surface area (Å²) in [7, 11) is 0. The van der Waals surface area contributed by atoms with E-state index >= 15 is 0 Å². The number of H-pyrrole nitrogens is 1. The van der Waals surface area contributed by atoms with Crippen molar-refractivity contribution < 1.29 is 8.81 Å². The second-order valence-corrected chi connectivity index (χ2v) is 4.53. The van der Waals surface area contributed by atoms with Gasteiger partial charge in [-0.1, -0.05) is 12.1 Å². The predicted molar refractivity (Wildman–Crippen MR) is 74.5 cm³/mol. The molecule has 3 aromatic rings. The number of aromatic nitrogens is 2. The van der Waals surface area contributed by atoms with E-state index in [1.165, 1.54) is 29.2 Å². The fraction of sp³-hybridized carbons (Fsp3) is 0.0667. The summed E-state index contributed by atoms with van der Waals surface area (Å²) in [4.78, 5) is 25.9. The van der Waals surface area contributed by atoms with Crippen LogP contribution in [0.1, 0.15) is 5.56 Å². The molecule has 0 fully saturated rings. The highest BCUT2D eigenvalue weighted by Gasteiger charge is 2.09. The summed E-state index contributed by atoms with van der Waals surface area (Å²) < 4.78 is 19.4. The first-order valence-electron chi connectivity index (χ1n) is 6.25. The van der Waals surface area contributed by atoms with Gasteiger partial charge in [-0.05, 0) is 29.8 Å². The number of hydrogen-bond donors (Lipinski definition) is 1. The molecule has 0 amide bonds. The molecule has 5 nitrogen and oxygen atoms in total. The smallest absolute Gasteiger partial charge is 0.328 e. The van der Waals surface area contributed by atoms with Crippen LogP contribution in [0.25, 0.3) is 11.3 Å². The average molecular weight is 286 g/mol. The van der Waals surface area contributed by atoms with Crippen molar-refractivity contribution in [2.24, 2.45) is 0 Å². The van der Waals surface area contributed by atoms with E-state index in [1.54, 1.807) is 24.3 Å². The van der Waals surface area contributed by atoms with Crippen molar-refractivity contribution in [3.8, 4) is 11.3 Å². The van der Waals surface area contributed by atoms with Crippen LogP contribution in [-0.4, -0.2) is 9.55 Å². The molecule has 0 radical (unpaired) electrons. The van der Waals surface area contributed by atoms with Crippen LogP contribution in [0.3, 0.4) is 0 Å². The third-order valence-corrected chi connectivity index (χ3v) is 3.06. The Labute approximate surface area is 118 Å². The van der Waals surface area contributed by atoms with Crippen molar-refractivity contribution in [1.82, 2.24) is 9.55 Å². The van der Waals surface area contributed by atoms with Crippen LogP contribution in [0.4, 0.5) is 4.39 Å². The topological polar surface area (TPSA) is 68.0 Å². The van der Waals surface area contributed by atoms with Gasteiger partial charge in [-0.2, -0.15) is 0 Å². The normalized spacial score (nSPS) is 10.7. The van der Waals surface area contributed by atoms with Gasteiger partial charge >= 0.3 is 5.69 Å². The first-order valence-corrected chi connectivity index (χ1v) is 6.25. The Balaban J connectivity index is 2.03. The van der Waals surface area contributed by atoms with E-state index < -0.39 is 11.2 Å². The standard InChI is InChI=1S/C15H11FN2O3/c16-11-5-3-10(4-6-11)8-18-9-12(13-2-1-7-21-13)14(19)17-15(18)20/h1-7,9H,8H2,(H,17,19,20). The summed E-state index contributed by atoms with van der Waals surface area (Å²) in [5.41, 5.74) is -0.0254. The van der Waals surface area contributed by atoms with Crippen LogP contribution >= 0.6 is 0 Å². The van der Waals surface area contributed by atoms with Crippen LogP contribution in [0.5, 0.6) is 0 Å². The van der Waals surface area contributed by atoms with E-state index in [-0.39, 0.29) is 17.9 Å². The Bertz CT molecular complexity index is 861. The minimum absolute atomic E-state index is 0.226. The number of benzene rings is 1. The zero-order chi connectivity index (χ0) is 14.8. The number of aromatic amines is 1. The second kappa shape index (κ2) is 5.24. The largest absolute Gasteiger partial charge is 0.464 e. The van der Waals surface area contributed by atoms with Gasteiger partial charge in [0.1, 0.15) is 11.6 Å². The van der Waals surface area contributed by atoms with Crippen LogP contribution in [0, 0.1) is 5.82 Å². The third-order valence-electron chi connectivity index (χ3n) is 3.06. The monoisotopic (exact) mass is 286 g/mol. The summed E-state index contributed by atoms with van der Waals surface area (Å²) in [6, 6.07) is 9.10. The van der Waals surface area contributed by atoms with Gasteiger partial charge in [0, 0.05) is 6.20 Å². The zero-order valence-electron chi connectivity index (χ0n) is 10.9. The Morgan fingerprint density at radius 1 is 1.14 bits per heavy atom. The minimum Gasteiger partial charge on any atom is -0.464 e. The van der Waals surface area contributed by atoms with Crippen LogP contribution < -0.4 is 11.2 Å². The first-order chi connectivity index (χ1) is 10.1. The van der Waals surface area contributed by atoms with E-state index in [0.29, 0.717) is 5.76 Å². The van der Waals surface area contributed by atoms with Crippen molar-refractivity contribution in [3.05, 3.63) is 81.1 Å². The van der Waals surface area contributed by atoms with Crippen LogP contribution in [0.15, 0.2) is 62.9 Å². The molecule has 0 aliphatic rings. The molecule has 6 heteroatoms. The number of nitrogens with zero attached hydrogens (tertiary/aromatic N) is 1. The lowest BCUT2D eigenvalue weighted by atomic mass is 10.2. The Morgan fingerprint density at radius 3 is 2.57 bits per heavy atom. The molecule has 2 heterocycles. The zero-order valence-corrected chi connectivity index (χ0v) is 10.9. The molecule has 1 N–H and O–H groups in total. The van der Waals surface area contributed by atoms with Gasteiger partial charge in [0.25, 0.3) is 5.56 Å². The minimum atomic E-state index is -0.528. The Hall–Kier alpha value is -2.89. The third kappa shape index (κ3) is 2.69. The molecule has 0 saturated heterocycles. The van der Waals surface area contributed by atoms with Crippen molar-refractivity contribution in [3.63, 3.8) is 0 Å². The van der Waals surface area contributed by atoms with Crippen molar-refractivity contribution in [2.45, 2.75) is 6.54 Å². The maximum Gasteiger partial charge on any atom is 0.328 e. The number of rotatable bonds is 3. The number of nitrogens with one attached hydrogen (secondary N) is 1. The quantitative estimate of drug-likeness (QED) is 0.800. The fourth-order valence-electron chi connectivity index (χ4n) is 2.02. The average Bonchev–Trinajstić information content (AvgIpc) is 2.98. The van der Waals surface area contributed by atoms with Crippen LogP contribution in [-0.2, 0) is 6.54 Å². The van der Waals surface area contributed by atoms with E-state index in [2.05, 4.69) is 4.98 Å². The van der Waals surface area contributed by atoms with Crippen molar-refractivity contribution in [1.29, 1.82) is 0 Å². The molecule has 1 aromatic carbocycles. The first kappa shape index (κ1) is 13.1. The van der Waals surface area contributed by atoms with Gasteiger partial charge in [-0.15, -0.1) is 0 Å². The highest BCUT2D eigenvalue weighted by atomic mass is 19.1. The van der Waals surface area contributed by atoms with Gasteiger partial charge in [-0.25, -0.2) is 9.18 Å². The fourth-order valence-corrected chi connectivity index (χ4v) is 2.02. The maximum absolute atomic E-state index is 12.9. The Morgan fingerprint density at radius 2 is 1.90 bits per heavy atom. The summed E-state index contributed by atoms with van der Waals surface area (Å²) in [5, 5.41) is 0. The maximum atomic E-state index is 12.9. The van der Waals surface area contributed by atoms with Crippen LogP contribution in [0.2, 0.25) is 0 Å². The van der Waals surface area contributed by atoms with Gasteiger partial charge in [0.05, 0.1) is 18.4 Å². The number of furan rings is 1. The number of hydrogen-bond acceptors (Lipinski definition) is 3.